The third-order valence-corrected chi connectivity index (χ3v) is 4.01. The maximum atomic E-state index is 13.2. The molecule has 5 heteroatoms. The summed E-state index contributed by atoms with van der Waals surface area (Å²) in [5.74, 6) is 0.478. The first-order valence-corrected chi connectivity index (χ1v) is 8.12. The second kappa shape index (κ2) is 8.11. The van der Waals surface area contributed by atoms with Gasteiger partial charge >= 0.3 is 0 Å². The predicted octanol–water partition coefficient (Wildman–Crippen LogP) is 3.01. The average molecular weight is 320 g/mol. The minimum atomic E-state index is -0.295. The molecule has 2 aromatic rings. The summed E-state index contributed by atoms with van der Waals surface area (Å²) in [6.45, 7) is 4.99. The summed E-state index contributed by atoms with van der Waals surface area (Å²) in [5.41, 5.74) is 1.56. The van der Waals surface area contributed by atoms with Crippen LogP contribution in [0, 0.1) is 17.7 Å². The van der Waals surface area contributed by atoms with Gasteiger partial charge in [0.05, 0.1) is 6.42 Å². The molecule has 126 valence electrons. The SMILES string of the molecule is CC(C)CC(CCO)CNC(=O)Cc1c[nH]c2cc(F)ccc12. The molecule has 0 radical (unpaired) electrons. The van der Waals surface area contributed by atoms with E-state index in [0.29, 0.717) is 30.3 Å². The number of hydrogen-bond donors (Lipinski definition) is 3. The van der Waals surface area contributed by atoms with E-state index in [1.165, 1.54) is 12.1 Å². The molecule has 0 aliphatic carbocycles. The number of H-pyrrole nitrogens is 1. The standard InChI is InChI=1S/C18H25FN2O2/c1-12(2)7-13(5-6-22)10-21-18(23)8-14-11-20-17-9-15(19)3-4-16(14)17/h3-4,9,11-13,20,22H,5-8,10H2,1-2H3,(H,21,23). The number of aromatic amines is 1. The Morgan fingerprint density at radius 3 is 2.87 bits per heavy atom. The van der Waals surface area contributed by atoms with Crippen molar-refractivity contribution < 1.29 is 14.3 Å². The van der Waals surface area contributed by atoms with Gasteiger partial charge in [-0.25, -0.2) is 4.39 Å². The summed E-state index contributed by atoms with van der Waals surface area (Å²) in [4.78, 5) is 15.1. The van der Waals surface area contributed by atoms with Gasteiger partial charge in [0.1, 0.15) is 5.82 Å². The smallest absolute Gasteiger partial charge is 0.224 e. The molecule has 0 saturated carbocycles. The Morgan fingerprint density at radius 2 is 2.17 bits per heavy atom. The third-order valence-electron chi connectivity index (χ3n) is 4.01. The molecule has 0 saturated heterocycles. The maximum absolute atomic E-state index is 13.2. The van der Waals surface area contributed by atoms with Crippen LogP contribution in [0.3, 0.4) is 0 Å². The zero-order valence-corrected chi connectivity index (χ0v) is 13.7. The van der Waals surface area contributed by atoms with Crippen LogP contribution >= 0.6 is 0 Å². The maximum Gasteiger partial charge on any atom is 0.224 e. The molecule has 1 aromatic carbocycles. The summed E-state index contributed by atoms with van der Waals surface area (Å²) < 4.78 is 13.2. The number of fused-ring (bicyclic) bond motifs is 1. The first-order valence-electron chi connectivity index (χ1n) is 8.12. The van der Waals surface area contributed by atoms with E-state index < -0.39 is 0 Å². The number of aliphatic hydroxyl groups excluding tert-OH is 1. The highest BCUT2D eigenvalue weighted by Crippen LogP contribution is 2.20. The van der Waals surface area contributed by atoms with Crippen LogP contribution in [-0.2, 0) is 11.2 Å². The van der Waals surface area contributed by atoms with E-state index in [2.05, 4.69) is 24.1 Å². The highest BCUT2D eigenvalue weighted by molar-refractivity contribution is 5.88. The van der Waals surface area contributed by atoms with Crippen molar-refractivity contribution in [2.45, 2.75) is 33.1 Å². The van der Waals surface area contributed by atoms with Crippen LogP contribution in [0.1, 0.15) is 32.3 Å². The minimum Gasteiger partial charge on any atom is -0.396 e. The molecule has 1 aromatic heterocycles. The summed E-state index contributed by atoms with van der Waals surface area (Å²) in [6.07, 6.45) is 3.69. The van der Waals surface area contributed by atoms with Crippen molar-refractivity contribution >= 4 is 16.8 Å². The monoisotopic (exact) mass is 320 g/mol. The number of nitrogens with one attached hydrogen (secondary N) is 2. The van der Waals surface area contributed by atoms with Crippen molar-refractivity contribution in [1.29, 1.82) is 0 Å². The molecule has 0 fully saturated rings. The first-order chi connectivity index (χ1) is 11.0. The zero-order chi connectivity index (χ0) is 16.8. The highest BCUT2D eigenvalue weighted by atomic mass is 19.1. The van der Waals surface area contributed by atoms with Crippen molar-refractivity contribution in [3.63, 3.8) is 0 Å². The molecule has 3 N–H and O–H groups in total. The number of rotatable bonds is 8. The van der Waals surface area contributed by atoms with Gasteiger partial charge in [0.2, 0.25) is 5.91 Å². The van der Waals surface area contributed by atoms with Gasteiger partial charge in [-0.1, -0.05) is 13.8 Å². The van der Waals surface area contributed by atoms with Crippen LogP contribution in [0.2, 0.25) is 0 Å². The van der Waals surface area contributed by atoms with E-state index in [9.17, 15) is 9.18 Å². The summed E-state index contributed by atoms with van der Waals surface area (Å²) in [6, 6.07) is 4.52. The van der Waals surface area contributed by atoms with Crippen LogP contribution in [0.4, 0.5) is 4.39 Å². The summed E-state index contributed by atoms with van der Waals surface area (Å²) in [5, 5.41) is 12.9. The molecule has 1 atom stereocenters. The quantitative estimate of drug-likeness (QED) is 0.700. The number of aliphatic hydroxyl groups is 1. The van der Waals surface area contributed by atoms with E-state index in [0.717, 1.165) is 17.4 Å². The molecule has 23 heavy (non-hydrogen) atoms. The van der Waals surface area contributed by atoms with E-state index >= 15 is 0 Å². The van der Waals surface area contributed by atoms with Gasteiger partial charge in [-0.3, -0.25) is 4.79 Å². The molecular weight excluding hydrogens is 295 g/mol. The van der Waals surface area contributed by atoms with Crippen LogP contribution in [0.25, 0.3) is 10.9 Å². The van der Waals surface area contributed by atoms with Crippen molar-refractivity contribution in [3.05, 3.63) is 35.8 Å². The average Bonchev–Trinajstić information content (AvgIpc) is 2.86. The first kappa shape index (κ1) is 17.5. The van der Waals surface area contributed by atoms with Gasteiger partial charge in [-0.2, -0.15) is 0 Å². The number of halogens is 1. The van der Waals surface area contributed by atoms with Crippen LogP contribution in [0.15, 0.2) is 24.4 Å². The van der Waals surface area contributed by atoms with Crippen LogP contribution in [-0.4, -0.2) is 29.1 Å². The second-order valence-corrected chi connectivity index (χ2v) is 6.49. The lowest BCUT2D eigenvalue weighted by Gasteiger charge is -2.18. The molecule has 4 nitrogen and oxygen atoms in total. The number of carbonyl (C=O) groups is 1. The Kier molecular flexibility index (Phi) is 6.16. The van der Waals surface area contributed by atoms with Crippen molar-refractivity contribution in [3.8, 4) is 0 Å². The minimum absolute atomic E-state index is 0.0538. The fraction of sp³-hybridized carbons (Fsp3) is 0.500. The van der Waals surface area contributed by atoms with Crippen molar-refractivity contribution in [2.75, 3.05) is 13.2 Å². The highest BCUT2D eigenvalue weighted by Gasteiger charge is 2.14. The van der Waals surface area contributed by atoms with Crippen molar-refractivity contribution in [1.82, 2.24) is 10.3 Å². The van der Waals surface area contributed by atoms with Crippen molar-refractivity contribution in [2.24, 2.45) is 11.8 Å². The largest absolute Gasteiger partial charge is 0.396 e. The number of aromatic nitrogens is 1. The predicted molar refractivity (Wildman–Crippen MR) is 89.6 cm³/mol. The van der Waals surface area contributed by atoms with Gasteiger partial charge in [0.25, 0.3) is 0 Å². The lowest BCUT2D eigenvalue weighted by atomic mass is 9.94. The number of carbonyl (C=O) groups excluding carboxylic acids is 1. The Morgan fingerprint density at radius 1 is 1.39 bits per heavy atom. The molecule has 1 unspecified atom stereocenters. The van der Waals surface area contributed by atoms with Gasteiger partial charge in [0.15, 0.2) is 0 Å². The third kappa shape index (κ3) is 5.06. The molecule has 2 rings (SSSR count). The Labute approximate surface area is 136 Å². The zero-order valence-electron chi connectivity index (χ0n) is 13.7. The summed E-state index contributed by atoms with van der Waals surface area (Å²) in [7, 11) is 0. The molecule has 1 heterocycles. The molecule has 0 bridgehead atoms. The Bertz CT molecular complexity index is 652. The van der Waals surface area contributed by atoms with Crippen LogP contribution < -0.4 is 5.32 Å². The molecule has 0 aliphatic rings. The topological polar surface area (TPSA) is 65.1 Å². The number of hydrogen-bond acceptors (Lipinski definition) is 2. The lowest BCUT2D eigenvalue weighted by Crippen LogP contribution is -2.31. The van der Waals surface area contributed by atoms with E-state index in [1.54, 1.807) is 12.3 Å². The van der Waals surface area contributed by atoms with Crippen LogP contribution in [0.5, 0.6) is 0 Å². The van der Waals surface area contributed by atoms with Gasteiger partial charge in [-0.05, 0) is 48.4 Å². The van der Waals surface area contributed by atoms with Gasteiger partial charge in [-0.15, -0.1) is 0 Å². The normalized spacial score (nSPS) is 12.7. The fourth-order valence-corrected chi connectivity index (χ4v) is 2.95. The molecule has 0 spiro atoms. The lowest BCUT2D eigenvalue weighted by molar-refractivity contribution is -0.120. The molecule has 1 amide bonds. The molecular formula is C18H25FN2O2. The molecule has 0 aliphatic heterocycles. The van der Waals surface area contributed by atoms with E-state index in [4.69, 9.17) is 5.11 Å². The van der Waals surface area contributed by atoms with Gasteiger partial charge < -0.3 is 15.4 Å². The number of benzene rings is 1. The Balaban J connectivity index is 1.92. The van der Waals surface area contributed by atoms with Gasteiger partial charge in [0, 0.05) is 30.3 Å². The van der Waals surface area contributed by atoms with E-state index in [-0.39, 0.29) is 24.8 Å². The Hall–Kier alpha value is -1.88. The number of amides is 1. The van der Waals surface area contributed by atoms with E-state index in [1.807, 2.05) is 0 Å². The fourth-order valence-electron chi connectivity index (χ4n) is 2.95. The second-order valence-electron chi connectivity index (χ2n) is 6.49. The summed E-state index contributed by atoms with van der Waals surface area (Å²) >= 11 is 0.